The zero-order valence-corrected chi connectivity index (χ0v) is 15.9. The first-order chi connectivity index (χ1) is 12.5. The fraction of sp³-hybridized carbons (Fsp3) is 0.526. The Morgan fingerprint density at radius 3 is 2.58 bits per heavy atom. The number of hydrogen-bond acceptors (Lipinski definition) is 4. The van der Waals surface area contributed by atoms with Crippen molar-refractivity contribution >= 4 is 10.0 Å². The fourth-order valence-corrected chi connectivity index (χ4v) is 5.73. The van der Waals surface area contributed by atoms with Crippen molar-refractivity contribution in [3.63, 3.8) is 0 Å². The number of hydrogen-bond donors (Lipinski definition) is 0. The van der Waals surface area contributed by atoms with E-state index in [4.69, 9.17) is 0 Å². The molecule has 3 atom stereocenters. The molecule has 6 nitrogen and oxygen atoms in total. The molecule has 0 saturated carbocycles. The van der Waals surface area contributed by atoms with Gasteiger partial charge < -0.3 is 4.90 Å². The van der Waals surface area contributed by atoms with Crippen LogP contribution in [0, 0.1) is 11.8 Å². The Labute approximate surface area is 155 Å². The lowest BCUT2D eigenvalue weighted by atomic mass is 9.90. The van der Waals surface area contributed by atoms with Crippen LogP contribution in [0.5, 0.6) is 0 Å². The predicted molar refractivity (Wildman–Crippen MR) is 101 cm³/mol. The maximum atomic E-state index is 12.3. The van der Waals surface area contributed by atoms with E-state index in [-0.39, 0.29) is 6.04 Å². The molecule has 2 aliphatic heterocycles. The normalized spacial score (nSPS) is 27.0. The zero-order valence-electron chi connectivity index (χ0n) is 15.1. The molecule has 0 spiro atoms. The molecule has 4 rings (SSSR count). The molecule has 2 aromatic rings. The van der Waals surface area contributed by atoms with Gasteiger partial charge in [0.2, 0.25) is 10.0 Å². The Balaban J connectivity index is 1.45. The van der Waals surface area contributed by atoms with Gasteiger partial charge in [-0.05, 0) is 36.4 Å². The first-order valence-electron chi connectivity index (χ1n) is 9.24. The third-order valence-corrected chi connectivity index (χ3v) is 6.91. The smallest absolute Gasteiger partial charge is 0.211 e. The van der Waals surface area contributed by atoms with Crippen LogP contribution in [0.15, 0.2) is 48.8 Å². The summed E-state index contributed by atoms with van der Waals surface area (Å²) in [5, 5.41) is 4.25. The summed E-state index contributed by atoms with van der Waals surface area (Å²) < 4.78 is 28.4. The van der Waals surface area contributed by atoms with Crippen molar-refractivity contribution in [1.29, 1.82) is 0 Å². The SMILES string of the molecule is CS(=O)(=O)N1C[C@H]2CN(CCCn3cccn3)C[C@H]2[C@@H]1c1ccccc1. The highest BCUT2D eigenvalue weighted by Gasteiger charge is 2.50. The van der Waals surface area contributed by atoms with Crippen LogP contribution in [0.1, 0.15) is 18.0 Å². The van der Waals surface area contributed by atoms with E-state index in [1.807, 2.05) is 41.3 Å². The van der Waals surface area contributed by atoms with Crippen molar-refractivity contribution in [2.24, 2.45) is 11.8 Å². The predicted octanol–water partition coefficient (Wildman–Crippen LogP) is 1.84. The molecule has 7 heteroatoms. The number of benzene rings is 1. The quantitative estimate of drug-likeness (QED) is 0.774. The highest BCUT2D eigenvalue weighted by atomic mass is 32.2. The standard InChI is InChI=1S/C19H26N4O2S/c1-26(24,25)23-14-17-13-21(10-6-12-22-11-5-9-20-22)15-18(17)19(23)16-7-3-2-4-8-16/h2-5,7-9,11,17-19H,6,10,12-15H2,1H3/t17-,18-,19+/m1/s1. The number of likely N-dealkylation sites (tertiary alicyclic amines) is 1. The minimum absolute atomic E-state index is 0.0349. The van der Waals surface area contributed by atoms with Gasteiger partial charge in [-0.25, -0.2) is 8.42 Å². The minimum atomic E-state index is -3.20. The van der Waals surface area contributed by atoms with Crippen LogP contribution < -0.4 is 0 Å². The van der Waals surface area contributed by atoms with Gasteiger partial charge in [-0.15, -0.1) is 0 Å². The molecule has 0 N–H and O–H groups in total. The number of aryl methyl sites for hydroxylation is 1. The van der Waals surface area contributed by atoms with Gasteiger partial charge >= 0.3 is 0 Å². The molecule has 0 aliphatic carbocycles. The van der Waals surface area contributed by atoms with Crippen LogP contribution in [0.25, 0.3) is 0 Å². The average molecular weight is 375 g/mol. The summed E-state index contributed by atoms with van der Waals surface area (Å²) in [6, 6.07) is 12.0. The summed E-state index contributed by atoms with van der Waals surface area (Å²) in [6.45, 7) is 4.55. The van der Waals surface area contributed by atoms with E-state index in [1.54, 1.807) is 4.31 Å². The van der Waals surface area contributed by atoms with E-state index in [1.165, 1.54) is 6.26 Å². The Morgan fingerprint density at radius 1 is 1.08 bits per heavy atom. The lowest BCUT2D eigenvalue weighted by molar-refractivity contribution is 0.260. The molecule has 26 heavy (non-hydrogen) atoms. The third-order valence-electron chi connectivity index (χ3n) is 5.69. The van der Waals surface area contributed by atoms with Gasteiger partial charge in [0, 0.05) is 38.6 Å². The number of fused-ring (bicyclic) bond motifs is 1. The first-order valence-corrected chi connectivity index (χ1v) is 11.1. The van der Waals surface area contributed by atoms with E-state index < -0.39 is 10.0 Å². The molecule has 1 aromatic heterocycles. The van der Waals surface area contributed by atoms with Gasteiger partial charge in [-0.1, -0.05) is 30.3 Å². The molecule has 0 radical (unpaired) electrons. The van der Waals surface area contributed by atoms with Crippen molar-refractivity contribution in [2.75, 3.05) is 32.4 Å². The van der Waals surface area contributed by atoms with Crippen molar-refractivity contribution < 1.29 is 8.42 Å². The average Bonchev–Trinajstić information content (AvgIpc) is 3.30. The molecular formula is C19H26N4O2S. The lowest BCUT2D eigenvalue weighted by Gasteiger charge is -2.28. The number of nitrogens with zero attached hydrogens (tertiary/aromatic N) is 4. The largest absolute Gasteiger partial charge is 0.303 e. The monoisotopic (exact) mass is 374 g/mol. The number of aromatic nitrogens is 2. The third kappa shape index (κ3) is 3.56. The summed E-state index contributed by atoms with van der Waals surface area (Å²) in [6.07, 6.45) is 6.21. The van der Waals surface area contributed by atoms with E-state index in [2.05, 4.69) is 22.1 Å². The van der Waals surface area contributed by atoms with Crippen LogP contribution in [-0.2, 0) is 16.6 Å². The van der Waals surface area contributed by atoms with E-state index in [0.29, 0.717) is 18.4 Å². The second-order valence-electron chi connectivity index (χ2n) is 7.49. The van der Waals surface area contributed by atoms with E-state index in [9.17, 15) is 8.42 Å². The molecular weight excluding hydrogens is 348 g/mol. The molecule has 2 saturated heterocycles. The molecule has 2 aliphatic rings. The summed E-state index contributed by atoms with van der Waals surface area (Å²) in [5.74, 6) is 0.788. The van der Waals surface area contributed by atoms with Crippen LogP contribution in [0.4, 0.5) is 0 Å². The Morgan fingerprint density at radius 2 is 1.88 bits per heavy atom. The Kier molecular flexibility index (Phi) is 4.86. The van der Waals surface area contributed by atoms with Crippen LogP contribution in [-0.4, -0.2) is 59.8 Å². The second-order valence-corrected chi connectivity index (χ2v) is 9.43. The molecule has 0 amide bonds. The van der Waals surface area contributed by atoms with Crippen molar-refractivity contribution in [1.82, 2.24) is 19.0 Å². The maximum Gasteiger partial charge on any atom is 0.211 e. The molecule has 0 unspecified atom stereocenters. The fourth-order valence-electron chi connectivity index (χ4n) is 4.57. The van der Waals surface area contributed by atoms with Gasteiger partial charge in [0.15, 0.2) is 0 Å². The van der Waals surface area contributed by atoms with Crippen LogP contribution in [0.2, 0.25) is 0 Å². The molecule has 140 valence electrons. The van der Waals surface area contributed by atoms with Crippen molar-refractivity contribution in [2.45, 2.75) is 19.0 Å². The summed E-state index contributed by atoms with van der Waals surface area (Å²) >= 11 is 0. The molecule has 2 fully saturated rings. The zero-order chi connectivity index (χ0) is 18.1. The van der Waals surface area contributed by atoms with Gasteiger partial charge in [-0.3, -0.25) is 4.68 Å². The minimum Gasteiger partial charge on any atom is -0.303 e. The van der Waals surface area contributed by atoms with Crippen LogP contribution in [0.3, 0.4) is 0 Å². The topological polar surface area (TPSA) is 58.4 Å². The Hall–Kier alpha value is -1.70. The summed E-state index contributed by atoms with van der Waals surface area (Å²) in [5.41, 5.74) is 1.11. The molecule has 3 heterocycles. The number of sulfonamides is 1. The van der Waals surface area contributed by atoms with Crippen molar-refractivity contribution in [3.05, 3.63) is 54.4 Å². The van der Waals surface area contributed by atoms with E-state index in [0.717, 1.165) is 38.2 Å². The Bertz CT molecular complexity index is 822. The van der Waals surface area contributed by atoms with Crippen molar-refractivity contribution in [3.8, 4) is 0 Å². The maximum absolute atomic E-state index is 12.3. The summed E-state index contributed by atoms with van der Waals surface area (Å²) in [4.78, 5) is 2.49. The van der Waals surface area contributed by atoms with Gasteiger partial charge in [0.1, 0.15) is 0 Å². The summed E-state index contributed by atoms with van der Waals surface area (Å²) in [7, 11) is -3.20. The van der Waals surface area contributed by atoms with Gasteiger partial charge in [0.05, 0.1) is 12.3 Å². The molecule has 1 aromatic carbocycles. The second kappa shape index (κ2) is 7.13. The van der Waals surface area contributed by atoms with Crippen LogP contribution >= 0.6 is 0 Å². The molecule has 0 bridgehead atoms. The highest BCUT2D eigenvalue weighted by molar-refractivity contribution is 7.88. The van der Waals surface area contributed by atoms with Gasteiger partial charge in [-0.2, -0.15) is 9.40 Å². The lowest BCUT2D eigenvalue weighted by Crippen LogP contribution is -2.35. The number of rotatable bonds is 6. The highest BCUT2D eigenvalue weighted by Crippen LogP contribution is 2.45. The van der Waals surface area contributed by atoms with E-state index >= 15 is 0 Å². The first kappa shape index (κ1) is 17.7. The van der Waals surface area contributed by atoms with Gasteiger partial charge in [0.25, 0.3) is 0 Å².